The van der Waals surface area contributed by atoms with Gasteiger partial charge in [0.1, 0.15) is 5.82 Å². The first kappa shape index (κ1) is 9.92. The van der Waals surface area contributed by atoms with E-state index in [1.807, 2.05) is 17.8 Å². The van der Waals surface area contributed by atoms with Crippen LogP contribution in [-0.4, -0.2) is 20.6 Å². The topological polar surface area (TPSA) is 55.1 Å². The molecule has 1 N–H and O–H groups in total. The zero-order valence-electron chi connectivity index (χ0n) is 8.17. The smallest absolute Gasteiger partial charge is 0.336 e. The molecule has 0 saturated heterocycles. The van der Waals surface area contributed by atoms with Crippen molar-refractivity contribution in [2.75, 3.05) is 0 Å². The van der Waals surface area contributed by atoms with Crippen molar-refractivity contribution >= 4 is 17.3 Å². The summed E-state index contributed by atoms with van der Waals surface area (Å²) in [6, 6.07) is 1.70. The standard InChI is InChI=1S/C10H10N2O2S/c1-12-3-2-11-9(12)5-8-4-7(6-15-8)10(13)14/h2-4,6H,5H2,1H3,(H,13,14). The number of hydrogen-bond acceptors (Lipinski definition) is 3. The van der Waals surface area contributed by atoms with Gasteiger partial charge >= 0.3 is 5.97 Å². The minimum absolute atomic E-state index is 0.351. The molecule has 2 aromatic rings. The van der Waals surface area contributed by atoms with Gasteiger partial charge in [0.25, 0.3) is 0 Å². The lowest BCUT2D eigenvalue weighted by atomic mass is 10.2. The number of carbonyl (C=O) groups is 1. The summed E-state index contributed by atoms with van der Waals surface area (Å²) in [5.74, 6) is 0.0612. The number of aromatic nitrogens is 2. The fraction of sp³-hybridized carbons (Fsp3) is 0.200. The maximum Gasteiger partial charge on any atom is 0.336 e. The Kier molecular flexibility index (Phi) is 2.55. The van der Waals surface area contributed by atoms with Gasteiger partial charge in [-0.15, -0.1) is 11.3 Å². The number of hydrogen-bond donors (Lipinski definition) is 1. The Morgan fingerprint density at radius 3 is 3.00 bits per heavy atom. The predicted octanol–water partition coefficient (Wildman–Crippen LogP) is 1.77. The van der Waals surface area contributed by atoms with Crippen LogP contribution in [0.1, 0.15) is 21.1 Å². The molecule has 15 heavy (non-hydrogen) atoms. The van der Waals surface area contributed by atoms with Crippen LogP contribution in [0.5, 0.6) is 0 Å². The third-order valence-corrected chi connectivity index (χ3v) is 3.09. The third-order valence-electron chi connectivity index (χ3n) is 2.15. The molecule has 5 heteroatoms. The van der Waals surface area contributed by atoms with Gasteiger partial charge in [-0.1, -0.05) is 0 Å². The molecule has 0 fully saturated rings. The number of aromatic carboxylic acids is 1. The molecule has 0 aliphatic rings. The van der Waals surface area contributed by atoms with Gasteiger partial charge in [-0.2, -0.15) is 0 Å². The van der Waals surface area contributed by atoms with Gasteiger partial charge in [-0.05, 0) is 6.07 Å². The Bertz CT molecular complexity index is 487. The summed E-state index contributed by atoms with van der Waals surface area (Å²) in [5.41, 5.74) is 0.351. The normalized spacial score (nSPS) is 10.5. The Morgan fingerprint density at radius 1 is 1.67 bits per heavy atom. The van der Waals surface area contributed by atoms with Gasteiger partial charge in [0.2, 0.25) is 0 Å². The minimum atomic E-state index is -0.877. The van der Waals surface area contributed by atoms with E-state index >= 15 is 0 Å². The van der Waals surface area contributed by atoms with E-state index in [4.69, 9.17) is 5.11 Å². The molecule has 0 atom stereocenters. The number of thiophene rings is 1. The molecular formula is C10H10N2O2S. The van der Waals surface area contributed by atoms with Crippen LogP contribution < -0.4 is 0 Å². The Labute approximate surface area is 90.8 Å². The maximum absolute atomic E-state index is 10.7. The lowest BCUT2D eigenvalue weighted by Gasteiger charge is -1.97. The largest absolute Gasteiger partial charge is 0.478 e. The summed E-state index contributed by atoms with van der Waals surface area (Å²) in [7, 11) is 1.92. The van der Waals surface area contributed by atoms with Gasteiger partial charge in [0, 0.05) is 36.1 Å². The average Bonchev–Trinajstić information content (AvgIpc) is 2.77. The molecule has 0 radical (unpaired) electrons. The highest BCUT2D eigenvalue weighted by Crippen LogP contribution is 2.17. The number of rotatable bonds is 3. The van der Waals surface area contributed by atoms with Crippen LogP contribution in [0.3, 0.4) is 0 Å². The zero-order valence-corrected chi connectivity index (χ0v) is 8.99. The molecule has 0 aliphatic carbocycles. The number of carboxylic acids is 1. The quantitative estimate of drug-likeness (QED) is 0.861. The summed E-state index contributed by atoms with van der Waals surface area (Å²) in [5, 5.41) is 10.4. The van der Waals surface area contributed by atoms with Gasteiger partial charge in [0.05, 0.1) is 5.56 Å². The van der Waals surface area contributed by atoms with Crippen LogP contribution in [0, 0.1) is 0 Å². The molecule has 0 saturated carbocycles. The number of carboxylic acid groups (broad SMARTS) is 1. The highest BCUT2D eigenvalue weighted by atomic mass is 32.1. The minimum Gasteiger partial charge on any atom is -0.478 e. The number of nitrogens with zero attached hydrogens (tertiary/aromatic N) is 2. The lowest BCUT2D eigenvalue weighted by Crippen LogP contribution is -1.97. The van der Waals surface area contributed by atoms with Crippen LogP contribution in [0.2, 0.25) is 0 Å². The molecule has 4 nitrogen and oxygen atoms in total. The van der Waals surface area contributed by atoms with Gasteiger partial charge in [-0.3, -0.25) is 0 Å². The summed E-state index contributed by atoms with van der Waals surface area (Å²) in [6.07, 6.45) is 4.30. The van der Waals surface area contributed by atoms with Gasteiger partial charge < -0.3 is 9.67 Å². The molecule has 2 rings (SSSR count). The van der Waals surface area contributed by atoms with E-state index in [-0.39, 0.29) is 0 Å². The SMILES string of the molecule is Cn1ccnc1Cc1cc(C(=O)O)cs1. The summed E-state index contributed by atoms with van der Waals surface area (Å²) in [6.45, 7) is 0. The third kappa shape index (κ3) is 2.07. The van der Waals surface area contributed by atoms with Crippen molar-refractivity contribution < 1.29 is 9.90 Å². The van der Waals surface area contributed by atoms with E-state index in [9.17, 15) is 4.79 Å². The van der Waals surface area contributed by atoms with E-state index in [0.29, 0.717) is 12.0 Å². The van der Waals surface area contributed by atoms with Crippen molar-refractivity contribution in [2.45, 2.75) is 6.42 Å². The molecule has 0 aliphatic heterocycles. The predicted molar refractivity (Wildman–Crippen MR) is 57.3 cm³/mol. The van der Waals surface area contributed by atoms with E-state index < -0.39 is 5.97 Å². The zero-order chi connectivity index (χ0) is 10.8. The molecule has 2 heterocycles. The van der Waals surface area contributed by atoms with Crippen molar-refractivity contribution in [2.24, 2.45) is 7.05 Å². The molecule has 78 valence electrons. The van der Waals surface area contributed by atoms with Crippen LogP contribution >= 0.6 is 11.3 Å². The van der Waals surface area contributed by atoms with Crippen molar-refractivity contribution in [3.63, 3.8) is 0 Å². The van der Waals surface area contributed by atoms with Gasteiger partial charge in [0.15, 0.2) is 0 Å². The van der Waals surface area contributed by atoms with E-state index in [2.05, 4.69) is 4.98 Å². The summed E-state index contributed by atoms with van der Waals surface area (Å²) >= 11 is 1.45. The average molecular weight is 222 g/mol. The highest BCUT2D eigenvalue weighted by molar-refractivity contribution is 7.10. The Morgan fingerprint density at radius 2 is 2.47 bits per heavy atom. The van der Waals surface area contributed by atoms with Crippen molar-refractivity contribution in [1.82, 2.24) is 9.55 Å². The Hall–Kier alpha value is -1.62. The second-order valence-corrected chi connectivity index (χ2v) is 4.23. The van der Waals surface area contributed by atoms with Crippen LogP contribution in [0.4, 0.5) is 0 Å². The summed E-state index contributed by atoms with van der Waals surface area (Å²) < 4.78 is 1.93. The second kappa shape index (κ2) is 3.86. The van der Waals surface area contributed by atoms with Crippen molar-refractivity contribution in [1.29, 1.82) is 0 Å². The molecule has 0 amide bonds. The van der Waals surface area contributed by atoms with Gasteiger partial charge in [-0.25, -0.2) is 9.78 Å². The second-order valence-electron chi connectivity index (χ2n) is 3.24. The first-order valence-electron chi connectivity index (χ1n) is 4.43. The summed E-state index contributed by atoms with van der Waals surface area (Å²) in [4.78, 5) is 15.9. The maximum atomic E-state index is 10.7. The lowest BCUT2D eigenvalue weighted by molar-refractivity contribution is 0.0697. The number of aryl methyl sites for hydroxylation is 1. The van der Waals surface area contributed by atoms with E-state index in [1.54, 1.807) is 17.6 Å². The molecule has 2 aromatic heterocycles. The van der Waals surface area contributed by atoms with Crippen LogP contribution in [0.25, 0.3) is 0 Å². The van der Waals surface area contributed by atoms with Crippen molar-refractivity contribution in [3.8, 4) is 0 Å². The Balaban J connectivity index is 2.18. The molecule has 0 bridgehead atoms. The molecule has 0 unspecified atom stereocenters. The molecular weight excluding hydrogens is 212 g/mol. The first-order chi connectivity index (χ1) is 7.16. The van der Waals surface area contributed by atoms with E-state index in [1.165, 1.54) is 11.3 Å². The van der Waals surface area contributed by atoms with Crippen LogP contribution in [-0.2, 0) is 13.5 Å². The van der Waals surface area contributed by atoms with E-state index in [0.717, 1.165) is 10.7 Å². The molecule has 0 aromatic carbocycles. The monoisotopic (exact) mass is 222 g/mol. The number of imidazole rings is 1. The first-order valence-corrected chi connectivity index (χ1v) is 5.31. The highest BCUT2D eigenvalue weighted by Gasteiger charge is 2.08. The van der Waals surface area contributed by atoms with Crippen molar-refractivity contribution in [3.05, 3.63) is 40.1 Å². The van der Waals surface area contributed by atoms with Crippen LogP contribution in [0.15, 0.2) is 23.8 Å². The molecule has 0 spiro atoms. The fourth-order valence-corrected chi connectivity index (χ4v) is 2.16. The fourth-order valence-electron chi connectivity index (χ4n) is 1.31.